The molecule has 112 valence electrons. The van der Waals surface area contributed by atoms with Crippen molar-refractivity contribution < 1.29 is 9.84 Å². The second-order valence-electron chi connectivity index (χ2n) is 6.03. The van der Waals surface area contributed by atoms with Crippen LogP contribution < -0.4 is 10.1 Å². The first-order valence-electron chi connectivity index (χ1n) is 7.71. The van der Waals surface area contributed by atoms with Crippen molar-refractivity contribution in [3.8, 4) is 5.75 Å². The highest BCUT2D eigenvalue weighted by Crippen LogP contribution is 2.33. The molecule has 1 aromatic rings. The highest BCUT2D eigenvalue weighted by Gasteiger charge is 2.31. The summed E-state index contributed by atoms with van der Waals surface area (Å²) < 4.78 is 5.15. The van der Waals surface area contributed by atoms with Crippen LogP contribution in [0.5, 0.6) is 5.75 Å². The molecule has 1 saturated carbocycles. The van der Waals surface area contributed by atoms with Crippen LogP contribution in [0, 0.1) is 5.92 Å². The van der Waals surface area contributed by atoms with Crippen molar-refractivity contribution in [3.05, 3.63) is 29.8 Å². The van der Waals surface area contributed by atoms with Crippen LogP contribution in [-0.4, -0.2) is 24.4 Å². The lowest BCUT2D eigenvalue weighted by Gasteiger charge is -2.36. The summed E-state index contributed by atoms with van der Waals surface area (Å²) in [6.45, 7) is 3.73. The molecule has 0 amide bonds. The Morgan fingerprint density at radius 3 is 2.45 bits per heavy atom. The third-order valence-electron chi connectivity index (χ3n) is 4.56. The van der Waals surface area contributed by atoms with E-state index in [-0.39, 0.29) is 0 Å². The molecule has 0 radical (unpaired) electrons. The zero-order valence-corrected chi connectivity index (χ0v) is 12.7. The van der Waals surface area contributed by atoms with Crippen LogP contribution in [0.1, 0.15) is 44.6 Å². The predicted molar refractivity (Wildman–Crippen MR) is 81.9 cm³/mol. The number of benzene rings is 1. The van der Waals surface area contributed by atoms with Gasteiger partial charge in [-0.15, -0.1) is 0 Å². The van der Waals surface area contributed by atoms with Crippen LogP contribution in [0.2, 0.25) is 0 Å². The molecule has 2 rings (SSSR count). The molecular weight excluding hydrogens is 250 g/mol. The number of hydrogen-bond acceptors (Lipinski definition) is 3. The molecule has 0 aliphatic heterocycles. The summed E-state index contributed by atoms with van der Waals surface area (Å²) in [5.41, 5.74) is 0.717. The normalized spacial score (nSPS) is 26.4. The lowest BCUT2D eigenvalue weighted by atomic mass is 9.78. The number of ether oxygens (including phenoxy) is 1. The average Bonchev–Trinajstić information content (AvgIpc) is 2.49. The van der Waals surface area contributed by atoms with Gasteiger partial charge in [-0.1, -0.05) is 25.5 Å². The number of rotatable bonds is 6. The standard InChI is InChI=1S/C17H27NO2/c1-3-14-8-10-17(19,11-9-14)13-18-12-15-4-6-16(20-2)7-5-15/h4-7,14,18-19H,3,8-13H2,1-2H3. The number of methoxy groups -OCH3 is 1. The molecule has 0 unspecified atom stereocenters. The minimum atomic E-state index is -0.502. The molecule has 0 heterocycles. The van der Waals surface area contributed by atoms with E-state index in [0.29, 0.717) is 6.54 Å². The lowest BCUT2D eigenvalue weighted by molar-refractivity contribution is -0.00881. The molecule has 0 saturated heterocycles. The van der Waals surface area contributed by atoms with E-state index in [4.69, 9.17) is 4.74 Å². The minimum Gasteiger partial charge on any atom is -0.497 e. The van der Waals surface area contributed by atoms with E-state index in [9.17, 15) is 5.11 Å². The van der Waals surface area contributed by atoms with Crippen molar-refractivity contribution in [3.63, 3.8) is 0 Å². The molecule has 0 bridgehead atoms. The van der Waals surface area contributed by atoms with E-state index < -0.39 is 5.60 Å². The van der Waals surface area contributed by atoms with Gasteiger partial charge >= 0.3 is 0 Å². The Morgan fingerprint density at radius 2 is 1.90 bits per heavy atom. The number of hydrogen-bond donors (Lipinski definition) is 2. The predicted octanol–water partition coefficient (Wildman–Crippen LogP) is 3.12. The highest BCUT2D eigenvalue weighted by molar-refractivity contribution is 5.27. The van der Waals surface area contributed by atoms with Crippen molar-refractivity contribution in [2.45, 2.75) is 51.2 Å². The van der Waals surface area contributed by atoms with Crippen LogP contribution in [0.25, 0.3) is 0 Å². The highest BCUT2D eigenvalue weighted by atomic mass is 16.5. The van der Waals surface area contributed by atoms with Gasteiger partial charge in [-0.3, -0.25) is 0 Å². The Balaban J connectivity index is 1.74. The van der Waals surface area contributed by atoms with E-state index in [2.05, 4.69) is 24.4 Å². The maximum Gasteiger partial charge on any atom is 0.118 e. The van der Waals surface area contributed by atoms with Gasteiger partial charge < -0.3 is 15.2 Å². The Kier molecular flexibility index (Phi) is 5.44. The first-order valence-corrected chi connectivity index (χ1v) is 7.71. The molecule has 2 N–H and O–H groups in total. The minimum absolute atomic E-state index is 0.502. The number of nitrogens with one attached hydrogen (secondary N) is 1. The van der Waals surface area contributed by atoms with Crippen LogP contribution in [-0.2, 0) is 6.54 Å². The first-order chi connectivity index (χ1) is 9.65. The maximum absolute atomic E-state index is 10.6. The average molecular weight is 277 g/mol. The fraction of sp³-hybridized carbons (Fsp3) is 0.647. The molecule has 3 nitrogen and oxygen atoms in total. The summed E-state index contributed by atoms with van der Waals surface area (Å²) in [6, 6.07) is 8.06. The van der Waals surface area contributed by atoms with Gasteiger partial charge in [0.2, 0.25) is 0 Å². The Hall–Kier alpha value is -1.06. The summed E-state index contributed by atoms with van der Waals surface area (Å²) in [4.78, 5) is 0. The van der Waals surface area contributed by atoms with Crippen molar-refractivity contribution >= 4 is 0 Å². The van der Waals surface area contributed by atoms with Gasteiger partial charge in [-0.25, -0.2) is 0 Å². The number of aliphatic hydroxyl groups is 1. The maximum atomic E-state index is 10.6. The zero-order valence-electron chi connectivity index (χ0n) is 12.7. The molecule has 1 fully saturated rings. The van der Waals surface area contributed by atoms with Crippen molar-refractivity contribution in [2.24, 2.45) is 5.92 Å². The molecule has 0 aromatic heterocycles. The first kappa shape index (κ1) is 15.3. The van der Waals surface area contributed by atoms with E-state index in [1.54, 1.807) is 7.11 Å². The Morgan fingerprint density at radius 1 is 1.25 bits per heavy atom. The van der Waals surface area contributed by atoms with E-state index in [0.717, 1.165) is 43.9 Å². The Bertz CT molecular complexity index is 394. The van der Waals surface area contributed by atoms with Crippen LogP contribution in [0.3, 0.4) is 0 Å². The van der Waals surface area contributed by atoms with E-state index in [1.807, 2.05) is 12.1 Å². The summed E-state index contributed by atoms with van der Waals surface area (Å²) in [6.07, 6.45) is 5.44. The van der Waals surface area contributed by atoms with Gasteiger partial charge in [0.25, 0.3) is 0 Å². The molecule has 0 spiro atoms. The molecule has 1 aliphatic rings. The van der Waals surface area contributed by atoms with Crippen molar-refractivity contribution in [2.75, 3.05) is 13.7 Å². The smallest absolute Gasteiger partial charge is 0.118 e. The van der Waals surface area contributed by atoms with Gasteiger partial charge in [-0.2, -0.15) is 0 Å². The zero-order chi connectivity index (χ0) is 14.4. The van der Waals surface area contributed by atoms with Gasteiger partial charge in [-0.05, 0) is 49.3 Å². The van der Waals surface area contributed by atoms with Crippen molar-refractivity contribution in [1.82, 2.24) is 5.32 Å². The summed E-state index contributed by atoms with van der Waals surface area (Å²) in [5.74, 6) is 1.70. The largest absolute Gasteiger partial charge is 0.497 e. The summed E-state index contributed by atoms with van der Waals surface area (Å²) >= 11 is 0. The van der Waals surface area contributed by atoms with Crippen LogP contribution in [0.4, 0.5) is 0 Å². The molecular formula is C17H27NO2. The summed E-state index contributed by atoms with van der Waals surface area (Å²) in [5, 5.41) is 14.0. The third-order valence-corrected chi connectivity index (χ3v) is 4.56. The van der Waals surface area contributed by atoms with Crippen LogP contribution >= 0.6 is 0 Å². The molecule has 1 aromatic carbocycles. The molecule has 3 heteroatoms. The second kappa shape index (κ2) is 7.09. The van der Waals surface area contributed by atoms with E-state index in [1.165, 1.54) is 12.0 Å². The quantitative estimate of drug-likeness (QED) is 0.839. The lowest BCUT2D eigenvalue weighted by Crippen LogP contribution is -2.43. The molecule has 0 atom stereocenters. The topological polar surface area (TPSA) is 41.5 Å². The van der Waals surface area contributed by atoms with Gasteiger partial charge in [0.15, 0.2) is 0 Å². The SMILES string of the molecule is CCC1CCC(O)(CNCc2ccc(OC)cc2)CC1. The third kappa shape index (κ3) is 4.22. The summed E-state index contributed by atoms with van der Waals surface area (Å²) in [7, 11) is 1.68. The fourth-order valence-electron chi connectivity index (χ4n) is 2.98. The molecule has 20 heavy (non-hydrogen) atoms. The van der Waals surface area contributed by atoms with Crippen LogP contribution in [0.15, 0.2) is 24.3 Å². The second-order valence-corrected chi connectivity index (χ2v) is 6.03. The fourth-order valence-corrected chi connectivity index (χ4v) is 2.98. The van der Waals surface area contributed by atoms with Gasteiger partial charge in [0, 0.05) is 13.1 Å². The van der Waals surface area contributed by atoms with Gasteiger partial charge in [0.05, 0.1) is 12.7 Å². The molecule has 1 aliphatic carbocycles. The monoisotopic (exact) mass is 277 g/mol. The van der Waals surface area contributed by atoms with Gasteiger partial charge in [0.1, 0.15) is 5.75 Å². The van der Waals surface area contributed by atoms with E-state index >= 15 is 0 Å². The van der Waals surface area contributed by atoms with Crippen molar-refractivity contribution in [1.29, 1.82) is 0 Å². The Labute approximate surface area is 122 Å².